The average molecular weight is 316 g/mol. The van der Waals surface area contributed by atoms with Gasteiger partial charge in [0.05, 0.1) is 12.5 Å². The van der Waals surface area contributed by atoms with Gasteiger partial charge in [-0.1, -0.05) is 12.1 Å². The molecule has 1 atom stereocenters. The van der Waals surface area contributed by atoms with Gasteiger partial charge in [-0.2, -0.15) is 0 Å². The first-order chi connectivity index (χ1) is 9.34. The lowest BCUT2D eigenvalue weighted by Gasteiger charge is -2.25. The van der Waals surface area contributed by atoms with Crippen LogP contribution in [0.1, 0.15) is 25.8 Å². The number of carbonyl (C=O) groups is 1. The maximum Gasteiger partial charge on any atom is 0.231 e. The molecular formula is C15H19Cl2NO2. The Morgan fingerprint density at radius 2 is 1.90 bits per heavy atom. The number of hydrogen-bond donors (Lipinski definition) is 0. The number of nitrogens with zero attached hydrogens (tertiary/aromatic N) is 1. The second kappa shape index (κ2) is 5.45. The Balaban J connectivity index is 2.07. The number of alkyl halides is 2. The molecule has 2 rings (SSSR count). The Hall–Kier alpha value is -0.930. The van der Waals surface area contributed by atoms with Crippen LogP contribution in [0.2, 0.25) is 0 Å². The lowest BCUT2D eigenvalue weighted by Crippen LogP contribution is -2.37. The molecule has 0 aromatic heterocycles. The summed E-state index contributed by atoms with van der Waals surface area (Å²) in [5, 5.41) is 0. The molecule has 1 aromatic carbocycles. The van der Waals surface area contributed by atoms with Crippen LogP contribution in [0.25, 0.3) is 0 Å². The fraction of sp³-hybridized carbons (Fsp3) is 0.533. The predicted molar refractivity (Wildman–Crippen MR) is 81.2 cm³/mol. The van der Waals surface area contributed by atoms with Gasteiger partial charge < -0.3 is 9.64 Å². The van der Waals surface area contributed by atoms with Crippen molar-refractivity contribution in [3.63, 3.8) is 0 Å². The normalized spacial score (nSPS) is 23.2. The van der Waals surface area contributed by atoms with Gasteiger partial charge in [0.1, 0.15) is 10.1 Å². The van der Waals surface area contributed by atoms with E-state index in [1.54, 1.807) is 12.0 Å². The molecule has 0 heterocycles. The van der Waals surface area contributed by atoms with Crippen molar-refractivity contribution in [3.8, 4) is 5.75 Å². The zero-order valence-electron chi connectivity index (χ0n) is 12.0. The molecule has 20 heavy (non-hydrogen) atoms. The Morgan fingerprint density at radius 1 is 1.35 bits per heavy atom. The number of methoxy groups -OCH3 is 1. The minimum Gasteiger partial charge on any atom is -0.497 e. The first kappa shape index (κ1) is 15.5. The van der Waals surface area contributed by atoms with Crippen LogP contribution in [-0.4, -0.2) is 28.8 Å². The lowest BCUT2D eigenvalue weighted by molar-refractivity contribution is -0.136. The summed E-state index contributed by atoms with van der Waals surface area (Å²) in [6.07, 6.45) is 0.515. The molecule has 3 nitrogen and oxygen atoms in total. The van der Waals surface area contributed by atoms with Crippen LogP contribution in [0, 0.1) is 5.41 Å². The third-order valence-corrected chi connectivity index (χ3v) is 5.03. The molecule has 5 heteroatoms. The zero-order chi connectivity index (χ0) is 15.0. The van der Waals surface area contributed by atoms with Gasteiger partial charge in [0.15, 0.2) is 0 Å². The summed E-state index contributed by atoms with van der Waals surface area (Å²) < 4.78 is 4.20. The van der Waals surface area contributed by atoms with Crippen molar-refractivity contribution in [3.05, 3.63) is 29.8 Å². The standard InChI is InChI=1S/C15H19Cl2NO2/c1-4-18(13(19)14(2)10-15(14,16)17)9-11-5-7-12(20-3)8-6-11/h5-8H,4,9-10H2,1-3H3. The highest BCUT2D eigenvalue weighted by Crippen LogP contribution is 2.64. The van der Waals surface area contributed by atoms with Crippen LogP contribution in [0.4, 0.5) is 0 Å². The smallest absolute Gasteiger partial charge is 0.231 e. The van der Waals surface area contributed by atoms with Crippen molar-refractivity contribution in [1.29, 1.82) is 0 Å². The Kier molecular flexibility index (Phi) is 4.22. The average Bonchev–Trinajstić information content (AvgIpc) is 2.96. The van der Waals surface area contributed by atoms with Crippen LogP contribution >= 0.6 is 23.2 Å². The van der Waals surface area contributed by atoms with Gasteiger partial charge in [0.25, 0.3) is 0 Å². The predicted octanol–water partition coefficient (Wildman–Crippen LogP) is 3.63. The molecule has 1 amide bonds. The van der Waals surface area contributed by atoms with Crippen LogP contribution < -0.4 is 4.74 Å². The maximum atomic E-state index is 12.5. The van der Waals surface area contributed by atoms with Crippen molar-refractivity contribution in [1.82, 2.24) is 4.90 Å². The molecule has 1 aromatic rings. The summed E-state index contributed by atoms with van der Waals surface area (Å²) in [6, 6.07) is 7.69. The zero-order valence-corrected chi connectivity index (χ0v) is 13.5. The van der Waals surface area contributed by atoms with Gasteiger partial charge in [-0.15, -0.1) is 23.2 Å². The van der Waals surface area contributed by atoms with Crippen molar-refractivity contribution in [2.45, 2.75) is 31.1 Å². The van der Waals surface area contributed by atoms with E-state index in [0.29, 0.717) is 19.5 Å². The fourth-order valence-electron chi connectivity index (χ4n) is 2.26. The van der Waals surface area contributed by atoms with Crippen LogP contribution in [-0.2, 0) is 11.3 Å². The molecule has 0 radical (unpaired) electrons. The second-order valence-electron chi connectivity index (χ2n) is 5.38. The maximum absolute atomic E-state index is 12.5. The van der Waals surface area contributed by atoms with Gasteiger partial charge in [0, 0.05) is 13.1 Å². The fourth-order valence-corrected chi connectivity index (χ4v) is 2.96. The van der Waals surface area contributed by atoms with Gasteiger partial charge in [-0.3, -0.25) is 4.79 Å². The summed E-state index contributed by atoms with van der Waals surface area (Å²) >= 11 is 12.2. The highest BCUT2D eigenvalue weighted by atomic mass is 35.5. The molecule has 0 bridgehead atoms. The summed E-state index contributed by atoms with van der Waals surface area (Å²) in [7, 11) is 1.63. The number of carbonyl (C=O) groups excluding carboxylic acids is 1. The van der Waals surface area contributed by atoms with E-state index >= 15 is 0 Å². The molecule has 0 saturated heterocycles. The van der Waals surface area contributed by atoms with Gasteiger partial charge >= 0.3 is 0 Å². The molecule has 1 aliphatic rings. The SMILES string of the molecule is CCN(Cc1ccc(OC)cc1)C(=O)C1(C)CC1(Cl)Cl. The van der Waals surface area contributed by atoms with Crippen LogP contribution in [0.15, 0.2) is 24.3 Å². The Labute approximate surface area is 129 Å². The molecule has 110 valence electrons. The monoisotopic (exact) mass is 315 g/mol. The molecule has 1 aliphatic carbocycles. The molecular weight excluding hydrogens is 297 g/mol. The molecule has 1 unspecified atom stereocenters. The van der Waals surface area contributed by atoms with E-state index in [1.807, 2.05) is 38.1 Å². The van der Waals surface area contributed by atoms with Gasteiger partial charge in [0.2, 0.25) is 5.91 Å². The van der Waals surface area contributed by atoms with E-state index in [0.717, 1.165) is 11.3 Å². The molecule has 0 N–H and O–H groups in total. The quantitative estimate of drug-likeness (QED) is 0.777. The van der Waals surface area contributed by atoms with E-state index in [2.05, 4.69) is 0 Å². The summed E-state index contributed by atoms with van der Waals surface area (Å²) in [4.78, 5) is 14.3. The topological polar surface area (TPSA) is 29.5 Å². The highest BCUT2D eigenvalue weighted by molar-refractivity contribution is 6.53. The van der Waals surface area contributed by atoms with E-state index < -0.39 is 9.75 Å². The Morgan fingerprint density at radius 3 is 2.30 bits per heavy atom. The Bertz CT molecular complexity index is 501. The van der Waals surface area contributed by atoms with Crippen molar-refractivity contribution < 1.29 is 9.53 Å². The molecule has 0 aliphatic heterocycles. The molecule has 0 spiro atoms. The lowest BCUT2D eigenvalue weighted by atomic mass is 10.1. The van der Waals surface area contributed by atoms with Crippen LogP contribution in [0.5, 0.6) is 5.75 Å². The van der Waals surface area contributed by atoms with E-state index in [1.165, 1.54) is 0 Å². The van der Waals surface area contributed by atoms with E-state index in [-0.39, 0.29) is 5.91 Å². The number of rotatable bonds is 5. The number of amides is 1. The van der Waals surface area contributed by atoms with Gasteiger partial charge in [-0.25, -0.2) is 0 Å². The molecule has 1 fully saturated rings. The summed E-state index contributed by atoms with van der Waals surface area (Å²) in [5.41, 5.74) is 0.401. The minimum atomic E-state index is -0.919. The van der Waals surface area contributed by atoms with E-state index in [9.17, 15) is 4.79 Å². The second-order valence-corrected chi connectivity index (χ2v) is 6.86. The third-order valence-electron chi connectivity index (χ3n) is 3.93. The number of benzene rings is 1. The number of hydrogen-bond acceptors (Lipinski definition) is 2. The first-order valence-corrected chi connectivity index (χ1v) is 7.40. The summed E-state index contributed by atoms with van der Waals surface area (Å²) in [5.74, 6) is 0.818. The van der Waals surface area contributed by atoms with Crippen molar-refractivity contribution in [2.24, 2.45) is 5.41 Å². The summed E-state index contributed by atoms with van der Waals surface area (Å²) in [6.45, 7) is 4.96. The highest BCUT2D eigenvalue weighted by Gasteiger charge is 2.68. The van der Waals surface area contributed by atoms with Gasteiger partial charge in [-0.05, 0) is 38.0 Å². The molecule has 1 saturated carbocycles. The first-order valence-electron chi connectivity index (χ1n) is 6.64. The minimum absolute atomic E-state index is 0.0146. The van der Waals surface area contributed by atoms with Crippen molar-refractivity contribution in [2.75, 3.05) is 13.7 Å². The number of halogens is 2. The number of ether oxygens (including phenoxy) is 1. The van der Waals surface area contributed by atoms with Crippen molar-refractivity contribution >= 4 is 29.1 Å². The van der Waals surface area contributed by atoms with Crippen LogP contribution in [0.3, 0.4) is 0 Å². The largest absolute Gasteiger partial charge is 0.497 e. The third kappa shape index (κ3) is 2.75. The van der Waals surface area contributed by atoms with E-state index in [4.69, 9.17) is 27.9 Å².